The molecule has 7 nitrogen and oxygen atoms in total. The topological polar surface area (TPSA) is 111 Å². The number of hydrogen-bond donors (Lipinski definition) is 3. The summed E-state index contributed by atoms with van der Waals surface area (Å²) in [6.07, 6.45) is -1.26. The summed E-state index contributed by atoms with van der Waals surface area (Å²) in [4.78, 5) is 35.6. The fourth-order valence-corrected chi connectivity index (χ4v) is 2.48. The van der Waals surface area contributed by atoms with Crippen molar-refractivity contribution in [2.45, 2.75) is 12.5 Å². The summed E-state index contributed by atoms with van der Waals surface area (Å²) in [7, 11) is 0. The third-order valence-corrected chi connectivity index (χ3v) is 4.37. The molecule has 0 aliphatic carbocycles. The van der Waals surface area contributed by atoms with E-state index in [0.717, 1.165) is 0 Å². The maximum Gasteiger partial charge on any atom is 0.413 e. The van der Waals surface area contributed by atoms with E-state index in [2.05, 4.69) is 26.6 Å². The highest BCUT2D eigenvalue weighted by molar-refractivity contribution is 9.10. The highest BCUT2D eigenvalue weighted by Crippen LogP contribution is 2.25. The number of carbonyl (C=O) groups excluding carboxylic acids is 3. The van der Waals surface area contributed by atoms with Crippen LogP contribution in [-0.2, 0) is 9.59 Å². The molecule has 0 aliphatic rings. The van der Waals surface area contributed by atoms with Crippen molar-refractivity contribution in [3.63, 3.8) is 0 Å². The Hall–Kier alpha value is -2.58. The van der Waals surface area contributed by atoms with Gasteiger partial charge < -0.3 is 21.1 Å². The molecule has 0 spiro atoms. The number of carbonyl (C=O) groups is 3. The van der Waals surface area contributed by atoms with Gasteiger partial charge in [-0.15, -0.1) is 0 Å². The fraction of sp³-hybridized carbons (Fsp3) is 0.118. The molecule has 136 valence electrons. The van der Waals surface area contributed by atoms with Crippen molar-refractivity contribution < 1.29 is 19.1 Å². The molecule has 9 heteroatoms. The van der Waals surface area contributed by atoms with Crippen LogP contribution in [-0.4, -0.2) is 23.9 Å². The lowest BCUT2D eigenvalue weighted by Gasteiger charge is -2.17. The Morgan fingerprint density at radius 3 is 2.46 bits per heavy atom. The zero-order chi connectivity index (χ0) is 19.1. The molecule has 0 unspecified atom stereocenters. The van der Waals surface area contributed by atoms with Crippen LogP contribution < -0.4 is 21.1 Å². The highest BCUT2D eigenvalue weighted by atomic mass is 79.9. The van der Waals surface area contributed by atoms with Crippen LogP contribution in [0.25, 0.3) is 0 Å². The summed E-state index contributed by atoms with van der Waals surface area (Å²) < 4.78 is 5.64. The van der Waals surface area contributed by atoms with Gasteiger partial charge in [0.15, 0.2) is 0 Å². The number of primary amides is 1. The molecule has 0 heterocycles. The van der Waals surface area contributed by atoms with E-state index in [4.69, 9.17) is 22.1 Å². The summed E-state index contributed by atoms with van der Waals surface area (Å²) in [5.41, 5.74) is 5.59. The van der Waals surface area contributed by atoms with Gasteiger partial charge in [0.1, 0.15) is 11.8 Å². The van der Waals surface area contributed by atoms with Crippen LogP contribution in [0, 0.1) is 0 Å². The Bertz CT molecular complexity index is 817. The molecule has 3 amide bonds. The van der Waals surface area contributed by atoms with Crippen LogP contribution in [0.5, 0.6) is 5.75 Å². The molecular weight excluding hydrogens is 426 g/mol. The second-order valence-electron chi connectivity index (χ2n) is 5.19. The zero-order valence-corrected chi connectivity index (χ0v) is 15.7. The molecule has 4 N–H and O–H groups in total. The van der Waals surface area contributed by atoms with Gasteiger partial charge in [-0.25, -0.2) is 4.79 Å². The van der Waals surface area contributed by atoms with Gasteiger partial charge in [0, 0.05) is 10.2 Å². The number of amides is 3. The van der Waals surface area contributed by atoms with Crippen molar-refractivity contribution in [2.24, 2.45) is 5.73 Å². The van der Waals surface area contributed by atoms with Crippen molar-refractivity contribution in [2.75, 3.05) is 5.32 Å². The van der Waals surface area contributed by atoms with Gasteiger partial charge in [-0.05, 0) is 46.3 Å². The molecule has 2 aromatic rings. The van der Waals surface area contributed by atoms with Crippen molar-refractivity contribution in [3.8, 4) is 5.75 Å². The lowest BCUT2D eigenvalue weighted by molar-refractivity contribution is -0.123. The lowest BCUT2D eigenvalue weighted by atomic mass is 10.2. The Morgan fingerprint density at radius 2 is 1.85 bits per heavy atom. The largest absolute Gasteiger partial charge is 0.413 e. The molecule has 26 heavy (non-hydrogen) atoms. The summed E-state index contributed by atoms with van der Waals surface area (Å²) >= 11 is 9.14. The molecule has 0 aromatic heterocycles. The van der Waals surface area contributed by atoms with Crippen LogP contribution in [0.4, 0.5) is 10.5 Å². The first kappa shape index (κ1) is 19.7. The van der Waals surface area contributed by atoms with E-state index in [9.17, 15) is 14.4 Å². The number of rotatable bonds is 6. The van der Waals surface area contributed by atoms with E-state index in [1.165, 1.54) is 0 Å². The highest BCUT2D eigenvalue weighted by Gasteiger charge is 2.24. The van der Waals surface area contributed by atoms with E-state index >= 15 is 0 Å². The first-order valence-electron chi connectivity index (χ1n) is 7.43. The molecule has 0 radical (unpaired) electrons. The maximum absolute atomic E-state index is 12.4. The minimum absolute atomic E-state index is 0.296. The van der Waals surface area contributed by atoms with Crippen LogP contribution in [0.15, 0.2) is 53.0 Å². The number of nitrogens with one attached hydrogen (secondary N) is 2. The van der Waals surface area contributed by atoms with Crippen LogP contribution in [0.1, 0.15) is 6.42 Å². The number of halogens is 2. The van der Waals surface area contributed by atoms with Gasteiger partial charge in [-0.3, -0.25) is 9.59 Å². The third kappa shape index (κ3) is 6.05. The average molecular weight is 441 g/mol. The molecule has 0 bridgehead atoms. The minimum Gasteiger partial charge on any atom is -0.410 e. The molecule has 2 rings (SSSR count). The lowest BCUT2D eigenvalue weighted by Crippen LogP contribution is -2.47. The van der Waals surface area contributed by atoms with E-state index in [1.807, 2.05) is 0 Å². The Kier molecular flexibility index (Phi) is 6.99. The SMILES string of the molecule is NC(=O)C[C@@H](NC(=O)Oc1ccccc1)C(=O)Nc1ccc(Cl)c(Br)c1. The van der Waals surface area contributed by atoms with Gasteiger partial charge in [0.05, 0.1) is 11.4 Å². The average Bonchev–Trinajstić information content (AvgIpc) is 2.58. The predicted molar refractivity (Wildman–Crippen MR) is 101 cm³/mol. The Morgan fingerprint density at radius 1 is 1.15 bits per heavy atom. The van der Waals surface area contributed by atoms with E-state index in [1.54, 1.807) is 48.5 Å². The minimum atomic E-state index is -1.20. The monoisotopic (exact) mass is 439 g/mol. The fourth-order valence-electron chi connectivity index (χ4n) is 1.98. The van der Waals surface area contributed by atoms with E-state index in [-0.39, 0.29) is 6.42 Å². The summed E-state index contributed by atoms with van der Waals surface area (Å²) in [6, 6.07) is 11.8. The second-order valence-corrected chi connectivity index (χ2v) is 6.45. The van der Waals surface area contributed by atoms with Crippen LogP contribution in [0.3, 0.4) is 0 Å². The number of nitrogens with two attached hydrogens (primary N) is 1. The smallest absolute Gasteiger partial charge is 0.410 e. The molecule has 1 atom stereocenters. The Labute approximate surface area is 163 Å². The van der Waals surface area contributed by atoms with Crippen LogP contribution >= 0.6 is 27.5 Å². The van der Waals surface area contributed by atoms with Gasteiger partial charge >= 0.3 is 6.09 Å². The van der Waals surface area contributed by atoms with Crippen LogP contribution in [0.2, 0.25) is 5.02 Å². The standard InChI is InChI=1S/C17H15BrClN3O4/c18-12-8-10(6-7-13(12)19)21-16(24)14(9-15(20)23)22-17(25)26-11-4-2-1-3-5-11/h1-8,14H,9H2,(H2,20,23)(H,21,24)(H,22,25)/t14-/m1/s1. The molecule has 0 aliphatic heterocycles. The molecular formula is C17H15BrClN3O4. The molecule has 0 saturated carbocycles. The summed E-state index contributed by atoms with van der Waals surface area (Å²) in [5, 5.41) is 5.38. The second kappa shape index (κ2) is 9.21. The third-order valence-electron chi connectivity index (χ3n) is 3.15. The van der Waals surface area contributed by atoms with E-state index in [0.29, 0.717) is 20.9 Å². The molecule has 0 fully saturated rings. The van der Waals surface area contributed by atoms with Gasteiger partial charge in [0.2, 0.25) is 11.8 Å². The van der Waals surface area contributed by atoms with Crippen molar-refractivity contribution in [1.29, 1.82) is 0 Å². The molecule has 2 aromatic carbocycles. The Balaban J connectivity index is 2.05. The first-order chi connectivity index (χ1) is 12.3. The summed E-state index contributed by atoms with van der Waals surface area (Å²) in [6.45, 7) is 0. The number of para-hydroxylation sites is 1. The quantitative estimate of drug-likeness (QED) is 0.641. The van der Waals surface area contributed by atoms with Crippen molar-refractivity contribution >= 4 is 51.1 Å². The van der Waals surface area contributed by atoms with Gasteiger partial charge in [0.25, 0.3) is 0 Å². The number of hydrogen-bond acceptors (Lipinski definition) is 4. The molecule has 0 saturated heterocycles. The van der Waals surface area contributed by atoms with Crippen molar-refractivity contribution in [1.82, 2.24) is 5.32 Å². The number of benzene rings is 2. The first-order valence-corrected chi connectivity index (χ1v) is 8.60. The maximum atomic E-state index is 12.4. The number of ether oxygens (including phenoxy) is 1. The zero-order valence-electron chi connectivity index (χ0n) is 13.4. The normalized spacial score (nSPS) is 11.3. The van der Waals surface area contributed by atoms with Crippen molar-refractivity contribution in [3.05, 3.63) is 58.0 Å². The predicted octanol–water partition coefficient (Wildman–Crippen LogP) is 3.07. The van der Waals surface area contributed by atoms with Gasteiger partial charge in [-0.1, -0.05) is 29.8 Å². The number of anilines is 1. The van der Waals surface area contributed by atoms with Gasteiger partial charge in [-0.2, -0.15) is 0 Å². The van der Waals surface area contributed by atoms with E-state index < -0.39 is 23.9 Å². The summed E-state index contributed by atoms with van der Waals surface area (Å²) in [5.74, 6) is -1.07.